The number of nitrogens with zero attached hydrogens (tertiary/aromatic N) is 2. The maximum atomic E-state index is 12.3. The summed E-state index contributed by atoms with van der Waals surface area (Å²) in [5.41, 5.74) is 3.46. The van der Waals surface area contributed by atoms with Gasteiger partial charge in [0.2, 0.25) is 10.0 Å². The summed E-state index contributed by atoms with van der Waals surface area (Å²) in [4.78, 5) is 6.31. The van der Waals surface area contributed by atoms with Crippen LogP contribution in [0.2, 0.25) is 0 Å². The van der Waals surface area contributed by atoms with Crippen LogP contribution in [0.5, 0.6) is 0 Å². The molecule has 2 aromatic carbocycles. The molecule has 6 nitrogen and oxygen atoms in total. The molecule has 146 valence electrons. The van der Waals surface area contributed by atoms with Crippen molar-refractivity contribution >= 4 is 32.9 Å². The van der Waals surface area contributed by atoms with Crippen molar-refractivity contribution < 1.29 is 8.42 Å². The molecule has 0 spiro atoms. The van der Waals surface area contributed by atoms with Gasteiger partial charge in [-0.1, -0.05) is 30.3 Å². The fourth-order valence-electron chi connectivity index (χ4n) is 2.65. The molecule has 0 saturated heterocycles. The summed E-state index contributed by atoms with van der Waals surface area (Å²) in [6, 6.07) is 21.0. The van der Waals surface area contributed by atoms with Gasteiger partial charge in [0.15, 0.2) is 0 Å². The number of hydrogen-bond acceptors (Lipinski definition) is 5. The lowest BCUT2D eigenvalue weighted by Crippen LogP contribution is -2.18. The highest BCUT2D eigenvalue weighted by molar-refractivity contribution is 7.92. The van der Waals surface area contributed by atoms with Gasteiger partial charge in [0.25, 0.3) is 0 Å². The van der Waals surface area contributed by atoms with E-state index in [0.717, 1.165) is 16.9 Å². The maximum absolute atomic E-state index is 12.3. The third kappa shape index (κ3) is 5.72. The SMILES string of the molecule is CN(C)c1ccc(Nc2ccc(NS(=O)(=O)CCc3ccccc3)cn2)cc1. The molecule has 0 fully saturated rings. The summed E-state index contributed by atoms with van der Waals surface area (Å²) in [7, 11) is 0.547. The van der Waals surface area contributed by atoms with Crippen LogP contribution < -0.4 is 14.9 Å². The van der Waals surface area contributed by atoms with Crippen LogP contribution in [0.1, 0.15) is 5.56 Å². The predicted octanol–water partition coefficient (Wildman–Crippen LogP) is 3.88. The molecule has 3 rings (SSSR count). The lowest BCUT2D eigenvalue weighted by molar-refractivity contribution is 0.600. The molecule has 0 saturated carbocycles. The van der Waals surface area contributed by atoms with Crippen molar-refractivity contribution in [3.05, 3.63) is 78.5 Å². The minimum Gasteiger partial charge on any atom is -0.378 e. The van der Waals surface area contributed by atoms with Gasteiger partial charge in [0.1, 0.15) is 5.82 Å². The minimum absolute atomic E-state index is 0.0231. The highest BCUT2D eigenvalue weighted by Gasteiger charge is 2.11. The van der Waals surface area contributed by atoms with E-state index in [1.54, 1.807) is 12.1 Å². The summed E-state index contributed by atoms with van der Waals surface area (Å²) in [6.07, 6.45) is 1.97. The molecule has 0 radical (unpaired) electrons. The van der Waals surface area contributed by atoms with Gasteiger partial charge < -0.3 is 10.2 Å². The number of hydrogen-bond donors (Lipinski definition) is 2. The highest BCUT2D eigenvalue weighted by Crippen LogP contribution is 2.20. The standard InChI is InChI=1S/C21H24N4O2S/c1-25(2)20-11-8-18(9-12-20)23-21-13-10-19(16-22-21)24-28(26,27)15-14-17-6-4-3-5-7-17/h3-13,16,24H,14-15H2,1-2H3,(H,22,23). The second-order valence-electron chi connectivity index (χ2n) is 6.65. The fourth-order valence-corrected chi connectivity index (χ4v) is 3.73. The maximum Gasteiger partial charge on any atom is 0.233 e. The molecule has 28 heavy (non-hydrogen) atoms. The molecule has 0 atom stereocenters. The van der Waals surface area contributed by atoms with Crippen LogP contribution in [-0.2, 0) is 16.4 Å². The molecule has 3 aromatic rings. The molecule has 1 heterocycles. The van der Waals surface area contributed by atoms with Crippen LogP contribution in [0.3, 0.4) is 0 Å². The lowest BCUT2D eigenvalue weighted by atomic mass is 10.2. The molecular weight excluding hydrogens is 372 g/mol. The monoisotopic (exact) mass is 396 g/mol. The zero-order chi connectivity index (χ0) is 20.0. The number of rotatable bonds is 8. The van der Waals surface area contributed by atoms with Crippen LogP contribution >= 0.6 is 0 Å². The van der Waals surface area contributed by atoms with E-state index in [-0.39, 0.29) is 5.75 Å². The summed E-state index contributed by atoms with van der Waals surface area (Å²) >= 11 is 0. The minimum atomic E-state index is -3.43. The predicted molar refractivity (Wildman–Crippen MR) is 116 cm³/mol. The highest BCUT2D eigenvalue weighted by atomic mass is 32.2. The Kier molecular flexibility index (Phi) is 6.16. The van der Waals surface area contributed by atoms with E-state index < -0.39 is 10.0 Å². The molecule has 0 aliphatic heterocycles. The van der Waals surface area contributed by atoms with Crippen molar-refractivity contribution in [3.63, 3.8) is 0 Å². The van der Waals surface area contributed by atoms with Crippen LogP contribution in [0, 0.1) is 0 Å². The van der Waals surface area contributed by atoms with E-state index >= 15 is 0 Å². The molecule has 0 aliphatic carbocycles. The first kappa shape index (κ1) is 19.7. The number of aryl methyl sites for hydroxylation is 1. The molecule has 0 amide bonds. The van der Waals surface area contributed by atoms with Crippen LogP contribution in [0.15, 0.2) is 72.9 Å². The summed E-state index contributed by atoms with van der Waals surface area (Å²) < 4.78 is 27.1. The quantitative estimate of drug-likeness (QED) is 0.604. The van der Waals surface area contributed by atoms with Gasteiger partial charge >= 0.3 is 0 Å². The Labute approximate surface area is 166 Å². The summed E-state index contributed by atoms with van der Waals surface area (Å²) in [5, 5.41) is 3.20. The van der Waals surface area contributed by atoms with E-state index in [1.165, 1.54) is 6.20 Å². The van der Waals surface area contributed by atoms with Gasteiger partial charge in [-0.05, 0) is 48.4 Å². The van der Waals surface area contributed by atoms with Gasteiger partial charge in [-0.25, -0.2) is 13.4 Å². The first-order valence-corrected chi connectivity index (χ1v) is 10.6. The van der Waals surface area contributed by atoms with E-state index in [1.807, 2.05) is 73.6 Å². The van der Waals surface area contributed by atoms with Crippen molar-refractivity contribution in [2.24, 2.45) is 0 Å². The molecule has 1 aromatic heterocycles. The van der Waals surface area contributed by atoms with Crippen molar-refractivity contribution in [2.75, 3.05) is 34.8 Å². The number of pyridine rings is 1. The van der Waals surface area contributed by atoms with Crippen molar-refractivity contribution in [2.45, 2.75) is 6.42 Å². The van der Waals surface area contributed by atoms with Crippen LogP contribution in [0.25, 0.3) is 0 Å². The third-order valence-electron chi connectivity index (χ3n) is 4.20. The van der Waals surface area contributed by atoms with Crippen molar-refractivity contribution in [3.8, 4) is 0 Å². The third-order valence-corrected chi connectivity index (χ3v) is 5.48. The molecule has 0 bridgehead atoms. The van der Waals surface area contributed by atoms with E-state index in [2.05, 4.69) is 15.0 Å². The Morgan fingerprint density at radius 1 is 0.893 bits per heavy atom. The molecule has 0 unspecified atom stereocenters. The second-order valence-corrected chi connectivity index (χ2v) is 8.50. The largest absolute Gasteiger partial charge is 0.378 e. The van der Waals surface area contributed by atoms with Gasteiger partial charge in [0.05, 0.1) is 17.6 Å². The normalized spacial score (nSPS) is 11.1. The first-order valence-electron chi connectivity index (χ1n) is 8.96. The average Bonchev–Trinajstić information content (AvgIpc) is 2.69. The molecular formula is C21H24N4O2S. The number of anilines is 4. The first-order chi connectivity index (χ1) is 13.4. The Morgan fingerprint density at radius 3 is 2.18 bits per heavy atom. The Balaban J connectivity index is 1.57. The Morgan fingerprint density at radius 2 is 1.57 bits per heavy atom. The molecule has 7 heteroatoms. The number of aromatic nitrogens is 1. The zero-order valence-electron chi connectivity index (χ0n) is 16.0. The van der Waals surface area contributed by atoms with Gasteiger partial charge in [-0.2, -0.15) is 0 Å². The zero-order valence-corrected chi connectivity index (χ0v) is 16.8. The topological polar surface area (TPSA) is 74.3 Å². The van der Waals surface area contributed by atoms with Crippen LogP contribution in [-0.4, -0.2) is 33.2 Å². The van der Waals surface area contributed by atoms with E-state index in [4.69, 9.17) is 0 Å². The van der Waals surface area contributed by atoms with Gasteiger partial charge in [-0.15, -0.1) is 0 Å². The van der Waals surface area contributed by atoms with Crippen molar-refractivity contribution in [1.82, 2.24) is 4.98 Å². The smallest absolute Gasteiger partial charge is 0.233 e. The van der Waals surface area contributed by atoms with Crippen LogP contribution in [0.4, 0.5) is 22.9 Å². The second kappa shape index (κ2) is 8.75. The Hall–Kier alpha value is -3.06. The van der Waals surface area contributed by atoms with E-state index in [9.17, 15) is 8.42 Å². The lowest BCUT2D eigenvalue weighted by Gasteiger charge is -2.13. The average molecular weight is 397 g/mol. The van der Waals surface area contributed by atoms with Crippen molar-refractivity contribution in [1.29, 1.82) is 0 Å². The number of sulfonamides is 1. The fraction of sp³-hybridized carbons (Fsp3) is 0.190. The Bertz CT molecular complexity index is 987. The molecule has 2 N–H and O–H groups in total. The number of nitrogens with one attached hydrogen (secondary N) is 2. The summed E-state index contributed by atoms with van der Waals surface area (Å²) in [5.74, 6) is 0.666. The van der Waals surface area contributed by atoms with Gasteiger partial charge in [0, 0.05) is 25.5 Å². The van der Waals surface area contributed by atoms with E-state index in [0.29, 0.717) is 17.9 Å². The van der Waals surface area contributed by atoms with Gasteiger partial charge in [-0.3, -0.25) is 4.72 Å². The summed E-state index contributed by atoms with van der Waals surface area (Å²) in [6.45, 7) is 0. The molecule has 0 aliphatic rings. The number of benzene rings is 2.